The van der Waals surface area contributed by atoms with Gasteiger partial charge in [0.05, 0.1) is 0 Å². The second-order valence-electron chi connectivity index (χ2n) is 3.91. The van der Waals surface area contributed by atoms with Crippen LogP contribution in [0.5, 0.6) is 0 Å². The molecular weight excluding hydrogens is 170 g/mol. The number of H-pyrrole nitrogens is 1. The van der Waals surface area contributed by atoms with Crippen LogP contribution in [0.2, 0.25) is 0 Å². The fourth-order valence-corrected chi connectivity index (χ4v) is 2.22. The van der Waals surface area contributed by atoms with Gasteiger partial charge >= 0.3 is 0 Å². The zero-order valence-electron chi connectivity index (χ0n) is 8.09. The normalized spacial score (nSPS) is 14.3. The maximum atomic E-state index is 3.51. The topological polar surface area (TPSA) is 15.8 Å². The van der Waals surface area contributed by atoms with Gasteiger partial charge in [0, 0.05) is 11.4 Å². The van der Waals surface area contributed by atoms with E-state index < -0.39 is 0 Å². The Morgan fingerprint density at radius 3 is 2.64 bits per heavy atom. The molecule has 0 atom stereocenters. The molecule has 1 N–H and O–H groups in total. The van der Waals surface area contributed by atoms with Crippen LogP contribution >= 0.6 is 0 Å². The van der Waals surface area contributed by atoms with Crippen LogP contribution < -0.4 is 0 Å². The molecule has 14 heavy (non-hydrogen) atoms. The van der Waals surface area contributed by atoms with E-state index in [4.69, 9.17) is 0 Å². The predicted molar refractivity (Wildman–Crippen MR) is 58.3 cm³/mol. The highest BCUT2D eigenvalue weighted by atomic mass is 14.7. The number of aromatic nitrogens is 1. The van der Waals surface area contributed by atoms with Crippen LogP contribution in [0, 0.1) is 0 Å². The summed E-state index contributed by atoms with van der Waals surface area (Å²) in [5.41, 5.74) is 5.53. The second-order valence-corrected chi connectivity index (χ2v) is 3.91. The van der Waals surface area contributed by atoms with Gasteiger partial charge in [-0.3, -0.25) is 0 Å². The SMILES string of the molecule is c1ccc(-c2cc3c([nH]2)CCC3)cc1. The lowest BCUT2D eigenvalue weighted by Gasteiger charge is -1.96. The fraction of sp³-hybridized carbons (Fsp3) is 0.231. The molecule has 3 rings (SSSR count). The molecule has 0 saturated carbocycles. The first kappa shape index (κ1) is 7.86. The Balaban J connectivity index is 2.06. The molecule has 1 aromatic heterocycles. The molecule has 0 aliphatic heterocycles. The Labute approximate surface area is 83.8 Å². The van der Waals surface area contributed by atoms with Gasteiger partial charge in [-0.1, -0.05) is 30.3 Å². The standard InChI is InChI=1S/C13H13N/c1-2-5-10(6-3-1)13-9-11-7-4-8-12(11)14-13/h1-3,5-6,9,14H,4,7-8H2. The average molecular weight is 183 g/mol. The Morgan fingerprint density at radius 1 is 1.00 bits per heavy atom. The van der Waals surface area contributed by atoms with Crippen LogP contribution in [0.15, 0.2) is 36.4 Å². The zero-order chi connectivity index (χ0) is 9.38. The molecule has 0 saturated heterocycles. The lowest BCUT2D eigenvalue weighted by Crippen LogP contribution is -1.80. The number of aromatic amines is 1. The molecule has 1 aromatic carbocycles. The van der Waals surface area contributed by atoms with Crippen molar-refractivity contribution >= 4 is 0 Å². The van der Waals surface area contributed by atoms with Gasteiger partial charge < -0.3 is 4.98 Å². The van der Waals surface area contributed by atoms with E-state index in [0.29, 0.717) is 0 Å². The second kappa shape index (κ2) is 3.02. The summed E-state index contributed by atoms with van der Waals surface area (Å²) in [6, 6.07) is 12.8. The van der Waals surface area contributed by atoms with E-state index in [1.807, 2.05) is 0 Å². The number of rotatable bonds is 1. The predicted octanol–water partition coefficient (Wildman–Crippen LogP) is 3.17. The zero-order valence-corrected chi connectivity index (χ0v) is 8.09. The summed E-state index contributed by atoms with van der Waals surface area (Å²) >= 11 is 0. The summed E-state index contributed by atoms with van der Waals surface area (Å²) in [4.78, 5) is 3.51. The van der Waals surface area contributed by atoms with E-state index >= 15 is 0 Å². The number of aryl methyl sites for hydroxylation is 2. The Bertz CT molecular complexity index is 418. The van der Waals surface area contributed by atoms with Gasteiger partial charge in [-0.05, 0) is 36.5 Å². The highest BCUT2D eigenvalue weighted by Gasteiger charge is 2.14. The quantitative estimate of drug-likeness (QED) is 0.699. The smallest absolute Gasteiger partial charge is 0.0458 e. The first-order valence-corrected chi connectivity index (χ1v) is 5.20. The summed E-state index contributed by atoms with van der Waals surface area (Å²) in [6.45, 7) is 0. The molecule has 1 nitrogen and oxygen atoms in total. The maximum absolute atomic E-state index is 3.51. The van der Waals surface area contributed by atoms with Crippen LogP contribution in [0.25, 0.3) is 11.3 Å². The van der Waals surface area contributed by atoms with E-state index in [2.05, 4.69) is 41.4 Å². The molecule has 70 valence electrons. The Kier molecular flexibility index (Phi) is 1.69. The molecule has 0 bridgehead atoms. The van der Waals surface area contributed by atoms with Crippen LogP contribution in [0.4, 0.5) is 0 Å². The number of nitrogens with one attached hydrogen (secondary N) is 1. The van der Waals surface area contributed by atoms with E-state index in [-0.39, 0.29) is 0 Å². The van der Waals surface area contributed by atoms with Crippen molar-refractivity contribution in [2.24, 2.45) is 0 Å². The fourth-order valence-electron chi connectivity index (χ4n) is 2.22. The van der Waals surface area contributed by atoms with Gasteiger partial charge in [0.15, 0.2) is 0 Å². The van der Waals surface area contributed by atoms with E-state index in [9.17, 15) is 0 Å². The van der Waals surface area contributed by atoms with Crippen LogP contribution in [0.1, 0.15) is 17.7 Å². The molecule has 0 amide bonds. The number of fused-ring (bicyclic) bond motifs is 1. The Hall–Kier alpha value is -1.50. The number of benzene rings is 1. The summed E-state index contributed by atoms with van der Waals surface area (Å²) in [6.07, 6.45) is 3.79. The van der Waals surface area contributed by atoms with E-state index in [1.165, 1.54) is 41.8 Å². The van der Waals surface area contributed by atoms with Crippen molar-refractivity contribution in [3.63, 3.8) is 0 Å². The highest BCUT2D eigenvalue weighted by Crippen LogP contribution is 2.27. The van der Waals surface area contributed by atoms with Crippen LogP contribution in [-0.2, 0) is 12.8 Å². The monoisotopic (exact) mass is 183 g/mol. The van der Waals surface area contributed by atoms with Crippen LogP contribution in [-0.4, -0.2) is 4.98 Å². The van der Waals surface area contributed by atoms with Crippen LogP contribution in [0.3, 0.4) is 0 Å². The molecule has 0 unspecified atom stereocenters. The summed E-state index contributed by atoms with van der Waals surface area (Å²) < 4.78 is 0. The van der Waals surface area contributed by atoms with Gasteiger partial charge in [0.25, 0.3) is 0 Å². The molecule has 0 fully saturated rings. The molecule has 1 heteroatoms. The van der Waals surface area contributed by atoms with E-state index in [0.717, 1.165) is 0 Å². The number of hydrogen-bond donors (Lipinski definition) is 1. The molecule has 2 aromatic rings. The van der Waals surface area contributed by atoms with Gasteiger partial charge in [-0.25, -0.2) is 0 Å². The highest BCUT2D eigenvalue weighted by molar-refractivity contribution is 5.61. The molecule has 0 radical (unpaired) electrons. The molecule has 1 aliphatic carbocycles. The van der Waals surface area contributed by atoms with Crippen molar-refractivity contribution in [3.05, 3.63) is 47.7 Å². The summed E-state index contributed by atoms with van der Waals surface area (Å²) in [5.74, 6) is 0. The minimum atomic E-state index is 1.22. The maximum Gasteiger partial charge on any atom is 0.0458 e. The lowest BCUT2D eigenvalue weighted by molar-refractivity contribution is 0.894. The van der Waals surface area contributed by atoms with Crippen molar-refractivity contribution in [3.8, 4) is 11.3 Å². The van der Waals surface area contributed by atoms with Crippen molar-refractivity contribution in [1.82, 2.24) is 4.98 Å². The van der Waals surface area contributed by atoms with E-state index in [1.54, 1.807) is 0 Å². The lowest BCUT2D eigenvalue weighted by atomic mass is 10.1. The van der Waals surface area contributed by atoms with Gasteiger partial charge in [0.2, 0.25) is 0 Å². The number of hydrogen-bond acceptors (Lipinski definition) is 0. The minimum Gasteiger partial charge on any atom is -0.358 e. The third-order valence-electron chi connectivity index (χ3n) is 2.95. The molecular formula is C13H13N. The van der Waals surface area contributed by atoms with Gasteiger partial charge in [0.1, 0.15) is 0 Å². The van der Waals surface area contributed by atoms with Gasteiger partial charge in [-0.15, -0.1) is 0 Å². The molecule has 1 aliphatic rings. The van der Waals surface area contributed by atoms with Crippen molar-refractivity contribution in [2.45, 2.75) is 19.3 Å². The first-order chi connectivity index (χ1) is 6.93. The molecule has 0 spiro atoms. The van der Waals surface area contributed by atoms with Crippen molar-refractivity contribution < 1.29 is 0 Å². The summed E-state index contributed by atoms with van der Waals surface area (Å²) in [7, 11) is 0. The van der Waals surface area contributed by atoms with Gasteiger partial charge in [-0.2, -0.15) is 0 Å². The third kappa shape index (κ3) is 1.17. The third-order valence-corrected chi connectivity index (χ3v) is 2.95. The first-order valence-electron chi connectivity index (χ1n) is 5.20. The summed E-state index contributed by atoms with van der Waals surface area (Å²) in [5, 5.41) is 0. The Morgan fingerprint density at radius 2 is 1.86 bits per heavy atom. The van der Waals surface area contributed by atoms with Crippen molar-refractivity contribution in [2.75, 3.05) is 0 Å². The molecule has 1 heterocycles. The minimum absolute atomic E-state index is 1.22. The average Bonchev–Trinajstić information content (AvgIpc) is 2.78. The largest absolute Gasteiger partial charge is 0.358 e. The van der Waals surface area contributed by atoms with Crippen molar-refractivity contribution in [1.29, 1.82) is 0 Å².